The molecule has 0 atom stereocenters. The van der Waals surface area contributed by atoms with Crippen LogP contribution < -0.4 is 5.32 Å². The van der Waals surface area contributed by atoms with Gasteiger partial charge >= 0.3 is 6.18 Å². The van der Waals surface area contributed by atoms with Gasteiger partial charge in [0.25, 0.3) is 5.91 Å². The van der Waals surface area contributed by atoms with Crippen molar-refractivity contribution in [2.24, 2.45) is 0 Å². The molecule has 2 heterocycles. The maximum atomic E-state index is 13.7. The molecule has 0 aliphatic carbocycles. The van der Waals surface area contributed by atoms with Crippen molar-refractivity contribution in [3.05, 3.63) is 87.1 Å². The van der Waals surface area contributed by atoms with Crippen molar-refractivity contribution in [2.45, 2.75) is 12.7 Å². The number of halogens is 5. The summed E-state index contributed by atoms with van der Waals surface area (Å²) in [7, 11) is 0. The van der Waals surface area contributed by atoms with Crippen LogP contribution in [0, 0.1) is 0 Å². The number of fused-ring (bicyclic) bond motifs is 1. The smallest absolute Gasteiger partial charge is 0.347 e. The van der Waals surface area contributed by atoms with Gasteiger partial charge in [-0.15, -0.1) is 0 Å². The van der Waals surface area contributed by atoms with Gasteiger partial charge in [0.2, 0.25) is 0 Å². The number of hydrogen-bond acceptors (Lipinski definition) is 3. The van der Waals surface area contributed by atoms with Crippen molar-refractivity contribution in [2.75, 3.05) is 0 Å². The molecule has 0 aliphatic rings. The quantitative estimate of drug-likeness (QED) is 0.380. The van der Waals surface area contributed by atoms with Crippen molar-refractivity contribution in [1.29, 1.82) is 0 Å². The summed E-state index contributed by atoms with van der Waals surface area (Å²) in [5.74, 6) is -0.637. The summed E-state index contributed by atoms with van der Waals surface area (Å²) >= 11 is 9.04. The number of rotatable bonds is 4. The number of nitrogens with zero attached hydrogens (tertiary/aromatic N) is 3. The standard InChI is InChI=1S/C21H13BrClF3N4O/c22-17-18(20(31)27-11-12-6-8-14(23)9-7-12)29-30-16(21(24,25)26)10-15(28-19(17)30)13-4-2-1-3-5-13/h1-10H,11H2,(H,27,31). The molecule has 4 rings (SSSR count). The molecule has 0 aliphatic heterocycles. The summed E-state index contributed by atoms with van der Waals surface area (Å²) < 4.78 is 41.9. The van der Waals surface area contributed by atoms with Crippen LogP contribution in [0.4, 0.5) is 13.2 Å². The summed E-state index contributed by atoms with van der Waals surface area (Å²) in [6, 6.07) is 16.2. The van der Waals surface area contributed by atoms with Crippen molar-refractivity contribution >= 4 is 39.1 Å². The summed E-state index contributed by atoms with van der Waals surface area (Å²) in [5, 5.41) is 7.09. The van der Waals surface area contributed by atoms with Crippen LogP contribution in [-0.2, 0) is 12.7 Å². The Bertz CT molecular complexity index is 1260. The monoisotopic (exact) mass is 508 g/mol. The van der Waals surface area contributed by atoms with Crippen LogP contribution in [-0.4, -0.2) is 20.5 Å². The van der Waals surface area contributed by atoms with Gasteiger partial charge in [0, 0.05) is 17.1 Å². The number of aromatic nitrogens is 3. The minimum atomic E-state index is -4.70. The van der Waals surface area contributed by atoms with E-state index in [4.69, 9.17) is 11.6 Å². The summed E-state index contributed by atoms with van der Waals surface area (Å²) in [4.78, 5) is 16.9. The van der Waals surface area contributed by atoms with Crippen LogP contribution in [0.25, 0.3) is 16.9 Å². The zero-order valence-electron chi connectivity index (χ0n) is 15.6. The molecule has 31 heavy (non-hydrogen) atoms. The van der Waals surface area contributed by atoms with Crippen LogP contribution in [0.3, 0.4) is 0 Å². The first kappa shape index (κ1) is 21.3. The molecule has 2 aromatic heterocycles. The molecule has 10 heteroatoms. The summed E-state index contributed by atoms with van der Waals surface area (Å²) in [6.07, 6.45) is -4.70. The Balaban J connectivity index is 1.74. The van der Waals surface area contributed by atoms with Crippen LogP contribution in [0.1, 0.15) is 21.7 Å². The predicted molar refractivity (Wildman–Crippen MR) is 114 cm³/mol. The summed E-state index contributed by atoms with van der Waals surface area (Å²) in [5.41, 5.74) is 0.0703. The largest absolute Gasteiger partial charge is 0.433 e. The second-order valence-corrected chi connectivity index (χ2v) is 7.83. The lowest BCUT2D eigenvalue weighted by atomic mass is 10.1. The Morgan fingerprint density at radius 3 is 2.42 bits per heavy atom. The van der Waals surface area contributed by atoms with Gasteiger partial charge in [-0.25, -0.2) is 9.50 Å². The molecule has 0 spiro atoms. The Kier molecular flexibility index (Phi) is 5.72. The molecule has 5 nitrogen and oxygen atoms in total. The molecule has 0 unspecified atom stereocenters. The lowest BCUT2D eigenvalue weighted by Crippen LogP contribution is -2.23. The number of nitrogens with one attached hydrogen (secondary N) is 1. The fourth-order valence-electron chi connectivity index (χ4n) is 2.96. The highest BCUT2D eigenvalue weighted by Gasteiger charge is 2.36. The first-order valence-corrected chi connectivity index (χ1v) is 10.2. The average molecular weight is 510 g/mol. The van der Waals surface area contributed by atoms with Gasteiger partial charge in [-0.3, -0.25) is 4.79 Å². The Labute approximate surface area is 188 Å². The van der Waals surface area contributed by atoms with Crippen molar-refractivity contribution in [3.8, 4) is 11.3 Å². The lowest BCUT2D eigenvalue weighted by molar-refractivity contribution is -0.142. The van der Waals surface area contributed by atoms with Gasteiger partial charge in [-0.1, -0.05) is 54.1 Å². The highest BCUT2D eigenvalue weighted by Crippen LogP contribution is 2.34. The predicted octanol–water partition coefficient (Wildman–Crippen LogP) is 5.76. The fourth-order valence-corrected chi connectivity index (χ4v) is 3.61. The van der Waals surface area contributed by atoms with E-state index in [9.17, 15) is 18.0 Å². The first-order chi connectivity index (χ1) is 14.7. The number of alkyl halides is 3. The molecule has 158 valence electrons. The van der Waals surface area contributed by atoms with Gasteiger partial charge in [0.05, 0.1) is 10.2 Å². The maximum Gasteiger partial charge on any atom is 0.433 e. The second kappa shape index (κ2) is 8.32. The molecule has 1 amide bonds. The van der Waals surface area contributed by atoms with E-state index < -0.39 is 17.8 Å². The van der Waals surface area contributed by atoms with E-state index in [0.29, 0.717) is 15.1 Å². The SMILES string of the molecule is O=C(NCc1ccc(Cl)cc1)c1nn2c(C(F)(F)F)cc(-c3ccccc3)nc2c1Br. The van der Waals surface area contributed by atoms with Crippen LogP contribution in [0.2, 0.25) is 5.02 Å². The van der Waals surface area contributed by atoms with Crippen LogP contribution >= 0.6 is 27.5 Å². The van der Waals surface area contributed by atoms with Crippen LogP contribution in [0.5, 0.6) is 0 Å². The third kappa shape index (κ3) is 4.42. The second-order valence-electron chi connectivity index (χ2n) is 6.60. The van der Waals surface area contributed by atoms with Crippen LogP contribution in [0.15, 0.2) is 65.1 Å². The Hall–Kier alpha value is -2.91. The maximum absolute atomic E-state index is 13.7. The van der Waals surface area contributed by atoms with E-state index in [1.165, 1.54) is 0 Å². The normalized spacial score (nSPS) is 11.6. The highest BCUT2D eigenvalue weighted by molar-refractivity contribution is 9.10. The molecule has 1 N–H and O–H groups in total. The zero-order valence-corrected chi connectivity index (χ0v) is 18.0. The number of carbonyl (C=O) groups excluding carboxylic acids is 1. The fraction of sp³-hybridized carbons (Fsp3) is 0.0952. The van der Waals surface area contributed by atoms with Gasteiger partial charge in [0.1, 0.15) is 0 Å². The average Bonchev–Trinajstić information content (AvgIpc) is 3.09. The molecule has 0 fully saturated rings. The number of hydrogen-bond donors (Lipinski definition) is 1. The minimum Gasteiger partial charge on any atom is -0.347 e. The van der Waals surface area contributed by atoms with Gasteiger partial charge in [-0.05, 0) is 39.7 Å². The third-order valence-corrected chi connectivity index (χ3v) is 5.46. The van der Waals surface area contributed by atoms with E-state index in [1.807, 2.05) is 0 Å². The number of amides is 1. The minimum absolute atomic E-state index is 0.0735. The van der Waals surface area contributed by atoms with Crippen molar-refractivity contribution in [1.82, 2.24) is 19.9 Å². The molecular weight excluding hydrogens is 497 g/mol. The Morgan fingerprint density at radius 1 is 1.10 bits per heavy atom. The molecule has 0 saturated carbocycles. The lowest BCUT2D eigenvalue weighted by Gasteiger charge is -2.11. The highest BCUT2D eigenvalue weighted by atomic mass is 79.9. The first-order valence-electron chi connectivity index (χ1n) is 8.98. The van der Waals surface area contributed by atoms with E-state index in [2.05, 4.69) is 31.3 Å². The van der Waals surface area contributed by atoms with E-state index in [-0.39, 0.29) is 28.1 Å². The molecule has 0 radical (unpaired) electrons. The zero-order chi connectivity index (χ0) is 22.2. The van der Waals surface area contributed by atoms with E-state index >= 15 is 0 Å². The van der Waals surface area contributed by atoms with Crippen molar-refractivity contribution in [3.63, 3.8) is 0 Å². The van der Waals surface area contributed by atoms with Gasteiger partial charge in [0.15, 0.2) is 17.0 Å². The number of carbonyl (C=O) groups is 1. The third-order valence-electron chi connectivity index (χ3n) is 4.47. The summed E-state index contributed by atoms with van der Waals surface area (Å²) in [6.45, 7) is 0.158. The molecule has 0 bridgehead atoms. The molecular formula is C21H13BrClF3N4O. The Morgan fingerprint density at radius 2 is 1.77 bits per heavy atom. The number of benzene rings is 2. The molecule has 4 aromatic rings. The molecule has 2 aromatic carbocycles. The van der Waals surface area contributed by atoms with E-state index in [0.717, 1.165) is 11.6 Å². The van der Waals surface area contributed by atoms with Gasteiger partial charge in [-0.2, -0.15) is 18.3 Å². The molecule has 0 saturated heterocycles. The van der Waals surface area contributed by atoms with Gasteiger partial charge < -0.3 is 5.32 Å². The van der Waals surface area contributed by atoms with E-state index in [1.54, 1.807) is 54.6 Å². The topological polar surface area (TPSA) is 59.3 Å². The van der Waals surface area contributed by atoms with Crippen molar-refractivity contribution < 1.29 is 18.0 Å².